The number of fused-ring (bicyclic) bond motifs is 2. The first-order chi connectivity index (χ1) is 14.6. The van der Waals surface area contributed by atoms with Crippen LogP contribution in [-0.4, -0.2) is 17.8 Å². The van der Waals surface area contributed by atoms with Gasteiger partial charge in [-0.25, -0.2) is 4.79 Å². The minimum absolute atomic E-state index is 0.166. The first-order valence-corrected chi connectivity index (χ1v) is 9.96. The van der Waals surface area contributed by atoms with Crippen molar-refractivity contribution in [2.45, 2.75) is 12.8 Å². The van der Waals surface area contributed by atoms with E-state index < -0.39 is 5.97 Å². The summed E-state index contributed by atoms with van der Waals surface area (Å²) in [6, 6.07) is 19.7. The highest BCUT2D eigenvalue weighted by Gasteiger charge is 2.47. The van der Waals surface area contributed by atoms with E-state index >= 15 is 0 Å². The average Bonchev–Trinajstić information content (AvgIpc) is 3.04. The Bertz CT molecular complexity index is 1160. The number of rotatable bonds is 3. The number of carbonyl (C=O) groups is 3. The van der Waals surface area contributed by atoms with Gasteiger partial charge in [0.1, 0.15) is 5.75 Å². The largest absolute Gasteiger partial charge is 0.422 e. The third kappa shape index (κ3) is 2.99. The zero-order chi connectivity index (χ0) is 20.7. The average molecular weight is 397 g/mol. The Morgan fingerprint density at radius 3 is 2.13 bits per heavy atom. The molecule has 0 saturated carbocycles. The molecule has 0 spiro atoms. The molecule has 0 radical (unpaired) electrons. The molecule has 30 heavy (non-hydrogen) atoms. The van der Waals surface area contributed by atoms with Gasteiger partial charge in [0.2, 0.25) is 11.8 Å². The molecule has 2 aliphatic rings. The Kier molecular flexibility index (Phi) is 4.43. The Balaban J connectivity index is 1.37. The van der Waals surface area contributed by atoms with Crippen LogP contribution in [0.4, 0.5) is 5.69 Å². The van der Waals surface area contributed by atoms with Crippen molar-refractivity contribution in [1.82, 2.24) is 0 Å². The van der Waals surface area contributed by atoms with Crippen molar-refractivity contribution < 1.29 is 19.1 Å². The number of benzene rings is 3. The lowest BCUT2D eigenvalue weighted by Crippen LogP contribution is -2.30. The van der Waals surface area contributed by atoms with Crippen molar-refractivity contribution in [1.29, 1.82) is 0 Å². The van der Waals surface area contributed by atoms with Crippen LogP contribution >= 0.6 is 0 Å². The predicted molar refractivity (Wildman–Crippen MR) is 113 cm³/mol. The maximum Gasteiger partial charge on any atom is 0.343 e. The quantitative estimate of drug-likeness (QED) is 0.282. The zero-order valence-corrected chi connectivity index (χ0v) is 16.2. The monoisotopic (exact) mass is 397 g/mol. The van der Waals surface area contributed by atoms with Gasteiger partial charge < -0.3 is 4.74 Å². The van der Waals surface area contributed by atoms with Gasteiger partial charge in [-0.05, 0) is 48.6 Å². The van der Waals surface area contributed by atoms with E-state index in [4.69, 9.17) is 4.74 Å². The number of esters is 1. The molecule has 1 saturated heterocycles. The molecular weight excluding hydrogens is 378 g/mol. The van der Waals surface area contributed by atoms with Crippen LogP contribution in [0.15, 0.2) is 78.9 Å². The Morgan fingerprint density at radius 2 is 1.43 bits per heavy atom. The fourth-order valence-corrected chi connectivity index (χ4v) is 4.24. The van der Waals surface area contributed by atoms with Gasteiger partial charge in [0.15, 0.2) is 0 Å². The van der Waals surface area contributed by atoms with Gasteiger partial charge in [0, 0.05) is 5.39 Å². The molecule has 0 unspecified atom stereocenters. The number of ether oxygens (including phenoxy) is 1. The van der Waals surface area contributed by atoms with Crippen LogP contribution in [0.3, 0.4) is 0 Å². The number of amides is 2. The molecule has 148 valence electrons. The van der Waals surface area contributed by atoms with Gasteiger partial charge in [-0.2, -0.15) is 0 Å². The Hall–Kier alpha value is -3.73. The third-order valence-corrected chi connectivity index (χ3v) is 5.82. The number of nitrogens with zero attached hydrogens (tertiary/aromatic N) is 1. The highest BCUT2D eigenvalue weighted by atomic mass is 16.5. The van der Waals surface area contributed by atoms with Gasteiger partial charge >= 0.3 is 5.97 Å². The number of hydrogen-bond acceptors (Lipinski definition) is 4. The molecule has 3 aromatic carbocycles. The Labute approximate surface area is 173 Å². The lowest BCUT2D eigenvalue weighted by atomic mass is 9.85. The SMILES string of the molecule is O=C(Oc1cccc2ccccc12)c1ccc(N2C(=O)[C@H]3CC=CC[C@@H]3C2=O)cc1. The lowest BCUT2D eigenvalue weighted by molar-refractivity contribution is -0.122. The van der Waals surface area contributed by atoms with Gasteiger partial charge in [-0.3, -0.25) is 14.5 Å². The molecule has 1 fully saturated rings. The van der Waals surface area contributed by atoms with E-state index in [9.17, 15) is 14.4 Å². The molecule has 1 aliphatic carbocycles. The van der Waals surface area contributed by atoms with E-state index in [0.717, 1.165) is 10.8 Å². The molecule has 5 heteroatoms. The van der Waals surface area contributed by atoms with Crippen LogP contribution in [0.25, 0.3) is 10.8 Å². The molecule has 0 bridgehead atoms. The Morgan fingerprint density at radius 1 is 0.800 bits per heavy atom. The second-order valence-corrected chi connectivity index (χ2v) is 7.58. The van der Waals surface area contributed by atoms with Gasteiger partial charge in [0.25, 0.3) is 0 Å². The molecule has 1 heterocycles. The van der Waals surface area contributed by atoms with E-state index in [1.165, 1.54) is 4.90 Å². The second-order valence-electron chi connectivity index (χ2n) is 7.58. The minimum Gasteiger partial charge on any atom is -0.422 e. The summed E-state index contributed by atoms with van der Waals surface area (Å²) >= 11 is 0. The van der Waals surface area contributed by atoms with Crippen LogP contribution < -0.4 is 9.64 Å². The van der Waals surface area contributed by atoms with Crippen LogP contribution in [0.2, 0.25) is 0 Å². The molecule has 2 atom stereocenters. The summed E-state index contributed by atoms with van der Waals surface area (Å²) in [4.78, 5) is 39.3. The standard InChI is InChI=1S/C25H19NO4/c27-23-20-9-3-4-10-21(20)24(28)26(23)18-14-12-17(13-15-18)25(29)30-22-11-5-7-16-6-1-2-8-19(16)22/h1-8,11-15,20-21H,9-10H2/t20-,21-/m0/s1. The van der Waals surface area contributed by atoms with Crippen LogP contribution in [0, 0.1) is 11.8 Å². The molecule has 0 aromatic heterocycles. The third-order valence-electron chi connectivity index (χ3n) is 5.82. The summed E-state index contributed by atoms with van der Waals surface area (Å²) in [6.45, 7) is 0. The maximum atomic E-state index is 12.7. The molecule has 2 amide bonds. The molecule has 5 nitrogen and oxygen atoms in total. The van der Waals surface area contributed by atoms with Crippen molar-refractivity contribution >= 4 is 34.2 Å². The molecule has 5 rings (SSSR count). The van der Waals surface area contributed by atoms with Crippen molar-refractivity contribution in [2.24, 2.45) is 11.8 Å². The smallest absolute Gasteiger partial charge is 0.343 e. The highest BCUT2D eigenvalue weighted by Crippen LogP contribution is 2.37. The van der Waals surface area contributed by atoms with Gasteiger partial charge in [0.05, 0.1) is 23.1 Å². The highest BCUT2D eigenvalue weighted by molar-refractivity contribution is 6.22. The summed E-state index contributed by atoms with van der Waals surface area (Å²) in [5, 5.41) is 1.84. The van der Waals surface area contributed by atoms with Crippen LogP contribution in [0.5, 0.6) is 5.75 Å². The van der Waals surface area contributed by atoms with Gasteiger partial charge in [-0.1, -0.05) is 48.6 Å². The molecule has 0 N–H and O–H groups in total. The van der Waals surface area contributed by atoms with Crippen molar-refractivity contribution in [3.63, 3.8) is 0 Å². The number of allylic oxidation sites excluding steroid dienone is 2. The number of anilines is 1. The normalized spacial score (nSPS) is 20.5. The lowest BCUT2D eigenvalue weighted by Gasteiger charge is -2.15. The number of imide groups is 1. The topological polar surface area (TPSA) is 63.7 Å². The summed E-state index contributed by atoms with van der Waals surface area (Å²) in [7, 11) is 0. The van der Waals surface area contributed by atoms with Crippen molar-refractivity contribution in [3.8, 4) is 5.75 Å². The predicted octanol–water partition coefficient (Wildman–Crippen LogP) is 4.51. The maximum absolute atomic E-state index is 12.7. The fourth-order valence-electron chi connectivity index (χ4n) is 4.24. The minimum atomic E-state index is -0.491. The number of carbonyl (C=O) groups excluding carboxylic acids is 3. The second kappa shape index (κ2) is 7.26. The fraction of sp³-hybridized carbons (Fsp3) is 0.160. The molecule has 1 aliphatic heterocycles. The summed E-state index contributed by atoms with van der Waals surface area (Å²) in [5.41, 5.74) is 0.839. The van der Waals surface area contributed by atoms with E-state index in [2.05, 4.69) is 0 Å². The zero-order valence-electron chi connectivity index (χ0n) is 16.2. The molecular formula is C25H19NO4. The van der Waals surface area contributed by atoms with Crippen LogP contribution in [0.1, 0.15) is 23.2 Å². The first-order valence-electron chi connectivity index (χ1n) is 9.96. The van der Waals surface area contributed by atoms with E-state index in [1.807, 2.05) is 48.6 Å². The summed E-state index contributed by atoms with van der Waals surface area (Å²) in [6.07, 6.45) is 5.12. The van der Waals surface area contributed by atoms with Crippen molar-refractivity contribution in [2.75, 3.05) is 4.90 Å². The van der Waals surface area contributed by atoms with E-state index in [1.54, 1.807) is 30.3 Å². The molecule has 3 aromatic rings. The number of hydrogen-bond donors (Lipinski definition) is 0. The first kappa shape index (κ1) is 18.3. The van der Waals surface area contributed by atoms with Crippen molar-refractivity contribution in [3.05, 3.63) is 84.4 Å². The summed E-state index contributed by atoms with van der Waals surface area (Å²) in [5.74, 6) is -0.892. The summed E-state index contributed by atoms with van der Waals surface area (Å²) < 4.78 is 5.60. The van der Waals surface area contributed by atoms with E-state index in [-0.39, 0.29) is 23.7 Å². The van der Waals surface area contributed by atoms with E-state index in [0.29, 0.717) is 29.8 Å². The van der Waals surface area contributed by atoms with Crippen LogP contribution in [-0.2, 0) is 9.59 Å². The van der Waals surface area contributed by atoms with Gasteiger partial charge in [-0.15, -0.1) is 0 Å².